The number of carbonyl (C=O) groups is 1. The average Bonchev–Trinajstić information content (AvgIpc) is 3.06. The fourth-order valence-corrected chi connectivity index (χ4v) is 3.64. The highest BCUT2D eigenvalue weighted by Crippen LogP contribution is 2.38. The van der Waals surface area contributed by atoms with Crippen LogP contribution < -0.4 is 10.5 Å². The molecule has 2 aromatic rings. The van der Waals surface area contributed by atoms with E-state index < -0.39 is 0 Å². The second kappa shape index (κ2) is 8.59. The zero-order valence-corrected chi connectivity index (χ0v) is 16.5. The van der Waals surface area contributed by atoms with Crippen LogP contribution in [0.1, 0.15) is 30.0 Å². The summed E-state index contributed by atoms with van der Waals surface area (Å²) in [6.45, 7) is 0.786. The highest BCUT2D eigenvalue weighted by atomic mass is 79.9. The third-order valence-corrected chi connectivity index (χ3v) is 4.95. The number of hydrogen-bond acceptors (Lipinski definition) is 3. The summed E-state index contributed by atoms with van der Waals surface area (Å²) >= 11 is 3.52. The largest absolute Gasteiger partial charge is 0.496 e. The lowest BCUT2D eigenvalue weighted by Gasteiger charge is -2.26. The summed E-state index contributed by atoms with van der Waals surface area (Å²) < 4.78 is 6.50. The fourth-order valence-electron chi connectivity index (χ4n) is 3.27. The van der Waals surface area contributed by atoms with E-state index in [9.17, 15) is 4.79 Å². The standard InChI is InChI=1S/C19H21BrN2O2.ClH/c1-24-18-9-6-14(20)12-16(18)17-3-2-10-22(17)19(23)11-13-4-7-15(21)8-5-13;/h4-9,12,17H,2-3,10-11,21H2,1H3;1H. The van der Waals surface area contributed by atoms with Gasteiger partial charge in [0.25, 0.3) is 0 Å². The van der Waals surface area contributed by atoms with Crippen LogP contribution >= 0.6 is 28.3 Å². The maximum atomic E-state index is 12.8. The molecule has 4 nitrogen and oxygen atoms in total. The van der Waals surface area contributed by atoms with Crippen molar-refractivity contribution >= 4 is 39.9 Å². The Labute approximate surface area is 162 Å². The van der Waals surface area contributed by atoms with Gasteiger partial charge in [-0.05, 0) is 48.7 Å². The van der Waals surface area contributed by atoms with Gasteiger partial charge in [-0.25, -0.2) is 0 Å². The Hall–Kier alpha value is -1.72. The summed E-state index contributed by atoms with van der Waals surface area (Å²) in [5.74, 6) is 0.972. The Morgan fingerprint density at radius 2 is 2.00 bits per heavy atom. The number of halogens is 2. The van der Waals surface area contributed by atoms with Gasteiger partial charge in [-0.3, -0.25) is 4.79 Å². The molecule has 134 valence electrons. The van der Waals surface area contributed by atoms with E-state index >= 15 is 0 Å². The Morgan fingerprint density at radius 3 is 2.68 bits per heavy atom. The monoisotopic (exact) mass is 424 g/mol. The Kier molecular flexibility index (Phi) is 6.73. The minimum atomic E-state index is 0. The first kappa shape index (κ1) is 19.6. The molecule has 0 spiro atoms. The number of nitrogen functional groups attached to an aromatic ring is 1. The normalized spacial score (nSPS) is 16.4. The molecule has 0 saturated carbocycles. The van der Waals surface area contributed by atoms with E-state index in [1.54, 1.807) is 7.11 Å². The highest BCUT2D eigenvalue weighted by molar-refractivity contribution is 9.10. The molecule has 1 heterocycles. The third kappa shape index (κ3) is 4.47. The number of carbonyl (C=O) groups excluding carboxylic acids is 1. The van der Waals surface area contributed by atoms with E-state index in [-0.39, 0.29) is 24.4 Å². The first-order valence-electron chi connectivity index (χ1n) is 8.06. The van der Waals surface area contributed by atoms with Gasteiger partial charge in [0.2, 0.25) is 5.91 Å². The molecular weight excluding hydrogens is 404 g/mol. The third-order valence-electron chi connectivity index (χ3n) is 4.46. The topological polar surface area (TPSA) is 55.6 Å². The van der Waals surface area contributed by atoms with Crippen LogP contribution in [0.3, 0.4) is 0 Å². The minimum Gasteiger partial charge on any atom is -0.496 e. The van der Waals surface area contributed by atoms with Gasteiger partial charge < -0.3 is 15.4 Å². The van der Waals surface area contributed by atoms with Gasteiger partial charge in [0.1, 0.15) is 5.75 Å². The van der Waals surface area contributed by atoms with Crippen LogP contribution in [0.5, 0.6) is 5.75 Å². The van der Waals surface area contributed by atoms with Gasteiger partial charge in [-0.2, -0.15) is 0 Å². The molecule has 1 aliphatic heterocycles. The molecule has 0 aliphatic carbocycles. The number of anilines is 1. The van der Waals surface area contributed by atoms with Crippen LogP contribution in [-0.4, -0.2) is 24.5 Å². The van der Waals surface area contributed by atoms with E-state index in [1.807, 2.05) is 41.3 Å². The maximum absolute atomic E-state index is 12.8. The van der Waals surface area contributed by atoms with Gasteiger partial charge in [-0.15, -0.1) is 12.4 Å². The summed E-state index contributed by atoms with van der Waals surface area (Å²) in [7, 11) is 1.67. The second-order valence-corrected chi connectivity index (χ2v) is 6.97. The van der Waals surface area contributed by atoms with Crippen LogP contribution in [0.15, 0.2) is 46.9 Å². The summed E-state index contributed by atoms with van der Waals surface area (Å²) in [5.41, 5.74) is 8.47. The van der Waals surface area contributed by atoms with E-state index in [0.29, 0.717) is 12.1 Å². The van der Waals surface area contributed by atoms with Crippen molar-refractivity contribution in [3.8, 4) is 5.75 Å². The van der Waals surface area contributed by atoms with Crippen molar-refractivity contribution in [2.24, 2.45) is 0 Å². The number of hydrogen-bond donors (Lipinski definition) is 1. The second-order valence-electron chi connectivity index (χ2n) is 6.05. The first-order chi connectivity index (χ1) is 11.6. The highest BCUT2D eigenvalue weighted by Gasteiger charge is 2.31. The Bertz CT molecular complexity index is 737. The summed E-state index contributed by atoms with van der Waals surface area (Å²) in [6.07, 6.45) is 2.36. The van der Waals surface area contributed by atoms with Crippen LogP contribution in [0, 0.1) is 0 Å². The minimum absolute atomic E-state index is 0. The van der Waals surface area contributed by atoms with Gasteiger partial charge in [0.05, 0.1) is 19.6 Å². The van der Waals surface area contributed by atoms with E-state index in [2.05, 4.69) is 22.0 Å². The van der Waals surface area contributed by atoms with Crippen molar-refractivity contribution in [1.29, 1.82) is 0 Å². The first-order valence-corrected chi connectivity index (χ1v) is 8.85. The molecule has 3 rings (SSSR count). The van der Waals surface area contributed by atoms with Crippen molar-refractivity contribution in [2.45, 2.75) is 25.3 Å². The van der Waals surface area contributed by atoms with Gasteiger partial charge in [0, 0.05) is 22.3 Å². The SMILES string of the molecule is COc1ccc(Br)cc1C1CCCN1C(=O)Cc1ccc(N)cc1.Cl. The van der Waals surface area contributed by atoms with Gasteiger partial charge >= 0.3 is 0 Å². The molecule has 1 saturated heterocycles. The molecule has 1 atom stereocenters. The molecule has 2 aromatic carbocycles. The lowest BCUT2D eigenvalue weighted by molar-refractivity contribution is -0.131. The molecule has 1 fully saturated rings. The number of nitrogens with two attached hydrogens (primary N) is 1. The van der Waals surface area contributed by atoms with Crippen LogP contribution in [0.4, 0.5) is 5.69 Å². The summed E-state index contributed by atoms with van der Waals surface area (Å²) in [6, 6.07) is 13.5. The zero-order chi connectivity index (χ0) is 17.1. The van der Waals surface area contributed by atoms with Crippen LogP contribution in [0.25, 0.3) is 0 Å². The number of benzene rings is 2. The summed E-state index contributed by atoms with van der Waals surface area (Å²) in [5, 5.41) is 0. The van der Waals surface area contributed by atoms with E-state index in [1.165, 1.54) is 0 Å². The van der Waals surface area contributed by atoms with Gasteiger partial charge in [0.15, 0.2) is 0 Å². The maximum Gasteiger partial charge on any atom is 0.227 e. The molecular formula is C19H22BrClN2O2. The molecule has 0 bridgehead atoms. The molecule has 1 unspecified atom stereocenters. The molecule has 2 N–H and O–H groups in total. The number of ether oxygens (including phenoxy) is 1. The molecule has 1 aliphatic rings. The lowest BCUT2D eigenvalue weighted by Crippen LogP contribution is -2.32. The molecule has 0 aromatic heterocycles. The number of rotatable bonds is 4. The van der Waals surface area contributed by atoms with E-state index in [4.69, 9.17) is 10.5 Å². The molecule has 1 amide bonds. The number of nitrogens with zero attached hydrogens (tertiary/aromatic N) is 1. The van der Waals surface area contributed by atoms with Crippen molar-refractivity contribution in [3.05, 3.63) is 58.1 Å². The predicted molar refractivity (Wildman–Crippen MR) is 106 cm³/mol. The predicted octanol–water partition coefficient (Wildman–Crippen LogP) is 4.37. The van der Waals surface area contributed by atoms with E-state index in [0.717, 1.165) is 40.7 Å². The van der Waals surface area contributed by atoms with Crippen LogP contribution in [0.2, 0.25) is 0 Å². The number of amides is 1. The van der Waals surface area contributed by atoms with Crippen LogP contribution in [-0.2, 0) is 11.2 Å². The summed E-state index contributed by atoms with van der Waals surface area (Å²) in [4.78, 5) is 14.8. The quantitative estimate of drug-likeness (QED) is 0.740. The van der Waals surface area contributed by atoms with Gasteiger partial charge in [-0.1, -0.05) is 28.1 Å². The Morgan fingerprint density at radius 1 is 1.28 bits per heavy atom. The fraction of sp³-hybridized carbons (Fsp3) is 0.316. The average molecular weight is 426 g/mol. The smallest absolute Gasteiger partial charge is 0.227 e. The van der Waals surface area contributed by atoms with Crippen molar-refractivity contribution in [3.63, 3.8) is 0 Å². The zero-order valence-electron chi connectivity index (χ0n) is 14.1. The molecule has 6 heteroatoms. The number of likely N-dealkylation sites (tertiary alicyclic amines) is 1. The number of methoxy groups -OCH3 is 1. The Balaban J connectivity index is 0.00000225. The molecule has 0 radical (unpaired) electrons. The van der Waals surface area contributed by atoms with Crippen molar-refractivity contribution in [2.75, 3.05) is 19.4 Å². The van der Waals surface area contributed by atoms with Crippen molar-refractivity contribution < 1.29 is 9.53 Å². The van der Waals surface area contributed by atoms with Crippen molar-refractivity contribution in [1.82, 2.24) is 4.90 Å². The lowest BCUT2D eigenvalue weighted by atomic mass is 10.0. The molecule has 25 heavy (non-hydrogen) atoms.